The van der Waals surface area contributed by atoms with Gasteiger partial charge >= 0.3 is 6.09 Å². The van der Waals surface area contributed by atoms with Gasteiger partial charge in [-0.1, -0.05) is 27.7 Å². The highest BCUT2D eigenvalue weighted by Crippen LogP contribution is 2.17. The van der Waals surface area contributed by atoms with Crippen LogP contribution in [0.15, 0.2) is 0 Å². The van der Waals surface area contributed by atoms with Gasteiger partial charge in [0.15, 0.2) is 0 Å². The largest absolute Gasteiger partial charge is 0.444 e. The first-order valence-electron chi connectivity index (χ1n) is 9.97. The van der Waals surface area contributed by atoms with Crippen molar-refractivity contribution in [2.75, 3.05) is 26.2 Å². The monoisotopic (exact) mass is 369 g/mol. The zero-order valence-corrected chi connectivity index (χ0v) is 17.7. The van der Waals surface area contributed by atoms with Crippen LogP contribution in [-0.4, -0.2) is 54.7 Å². The highest BCUT2D eigenvalue weighted by molar-refractivity contribution is 5.85. The molecule has 1 heterocycles. The van der Waals surface area contributed by atoms with E-state index < -0.39 is 17.7 Å². The van der Waals surface area contributed by atoms with Gasteiger partial charge in [0.25, 0.3) is 0 Å². The number of hydrogen-bond acceptors (Lipinski definition) is 4. The number of amides is 2. The summed E-state index contributed by atoms with van der Waals surface area (Å²) in [6, 6.07) is -0.578. The summed E-state index contributed by atoms with van der Waals surface area (Å²) in [5.41, 5.74) is -0.577. The number of ether oxygens (including phenoxy) is 1. The van der Waals surface area contributed by atoms with Gasteiger partial charge in [-0.2, -0.15) is 0 Å². The summed E-state index contributed by atoms with van der Waals surface area (Å²) >= 11 is 0. The second kappa shape index (κ2) is 10.1. The summed E-state index contributed by atoms with van der Waals surface area (Å²) in [5.74, 6) is 1.07. The number of nitrogens with one attached hydrogen (secondary N) is 2. The molecular formula is C20H39N3O3. The standard InChI is InChI=1S/C20H39N3O3/c1-14(2)13-23-10-8-16(9-11-23)12-21-18(24)17(15(3)4)22-19(25)26-20(5,6)7/h14-17H,8-13H2,1-7H3,(H,21,24)(H,22,25). The molecule has 1 saturated heterocycles. The van der Waals surface area contributed by atoms with Crippen molar-refractivity contribution >= 4 is 12.0 Å². The van der Waals surface area contributed by atoms with Crippen LogP contribution in [0.1, 0.15) is 61.3 Å². The van der Waals surface area contributed by atoms with Crippen LogP contribution >= 0.6 is 0 Å². The number of hydrogen-bond donors (Lipinski definition) is 2. The molecule has 0 radical (unpaired) electrons. The fraction of sp³-hybridized carbons (Fsp3) is 0.900. The second-order valence-electron chi connectivity index (χ2n) is 9.25. The third-order valence-corrected chi connectivity index (χ3v) is 4.52. The number of rotatable bonds is 7. The lowest BCUT2D eigenvalue weighted by atomic mass is 9.95. The second-order valence-corrected chi connectivity index (χ2v) is 9.25. The number of carbonyl (C=O) groups is 2. The van der Waals surface area contributed by atoms with Gasteiger partial charge in [-0.25, -0.2) is 4.79 Å². The molecule has 6 nitrogen and oxygen atoms in total. The van der Waals surface area contributed by atoms with Crippen LogP contribution in [0.25, 0.3) is 0 Å². The van der Waals surface area contributed by atoms with E-state index in [0.717, 1.165) is 32.5 Å². The minimum atomic E-state index is -0.578. The van der Waals surface area contributed by atoms with E-state index in [1.165, 1.54) is 0 Å². The van der Waals surface area contributed by atoms with Gasteiger partial charge in [-0.3, -0.25) is 4.79 Å². The first-order chi connectivity index (χ1) is 12.0. The molecule has 0 spiro atoms. The Morgan fingerprint density at radius 2 is 1.69 bits per heavy atom. The zero-order valence-electron chi connectivity index (χ0n) is 17.7. The highest BCUT2D eigenvalue weighted by atomic mass is 16.6. The number of piperidine rings is 1. The van der Waals surface area contributed by atoms with Crippen molar-refractivity contribution < 1.29 is 14.3 Å². The molecule has 2 N–H and O–H groups in total. The smallest absolute Gasteiger partial charge is 0.408 e. The average Bonchev–Trinajstić information content (AvgIpc) is 2.49. The lowest BCUT2D eigenvalue weighted by Gasteiger charge is -2.33. The normalized spacial score (nSPS) is 18.0. The Morgan fingerprint density at radius 1 is 1.12 bits per heavy atom. The van der Waals surface area contributed by atoms with E-state index in [1.807, 2.05) is 34.6 Å². The third kappa shape index (κ3) is 8.88. The van der Waals surface area contributed by atoms with Crippen molar-refractivity contribution in [2.45, 2.75) is 73.0 Å². The summed E-state index contributed by atoms with van der Waals surface area (Å²) in [7, 11) is 0. The molecule has 0 aromatic heterocycles. The lowest BCUT2D eigenvalue weighted by molar-refractivity contribution is -0.124. The molecule has 1 unspecified atom stereocenters. The maximum atomic E-state index is 12.5. The Bertz CT molecular complexity index is 450. The molecule has 0 saturated carbocycles. The Kier molecular flexibility index (Phi) is 8.87. The first-order valence-corrected chi connectivity index (χ1v) is 9.97. The Balaban J connectivity index is 2.42. The van der Waals surface area contributed by atoms with Crippen molar-refractivity contribution in [1.29, 1.82) is 0 Å². The molecule has 0 aromatic carbocycles. The van der Waals surface area contributed by atoms with Crippen molar-refractivity contribution in [1.82, 2.24) is 15.5 Å². The van der Waals surface area contributed by atoms with Crippen molar-refractivity contribution in [3.63, 3.8) is 0 Å². The lowest BCUT2D eigenvalue weighted by Crippen LogP contribution is -2.52. The number of nitrogens with zero attached hydrogens (tertiary/aromatic N) is 1. The molecule has 1 rings (SSSR count). The first kappa shape index (κ1) is 22.7. The van der Waals surface area contributed by atoms with Crippen molar-refractivity contribution in [3.05, 3.63) is 0 Å². The summed E-state index contributed by atoms with van der Waals surface area (Å²) in [6.07, 6.45) is 1.67. The molecular weight excluding hydrogens is 330 g/mol. The molecule has 2 amide bonds. The quantitative estimate of drug-likeness (QED) is 0.724. The van der Waals surface area contributed by atoms with Crippen molar-refractivity contribution in [2.24, 2.45) is 17.8 Å². The van der Waals surface area contributed by atoms with E-state index in [2.05, 4.69) is 29.4 Å². The molecule has 0 bridgehead atoms. The molecule has 1 fully saturated rings. The van der Waals surface area contributed by atoms with Crippen LogP contribution in [0.5, 0.6) is 0 Å². The Morgan fingerprint density at radius 3 is 2.15 bits per heavy atom. The number of likely N-dealkylation sites (tertiary alicyclic amines) is 1. The molecule has 0 aromatic rings. The van der Waals surface area contributed by atoms with Crippen LogP contribution < -0.4 is 10.6 Å². The maximum Gasteiger partial charge on any atom is 0.408 e. The average molecular weight is 370 g/mol. The summed E-state index contributed by atoms with van der Waals surface area (Å²) in [6.45, 7) is 17.8. The van der Waals surface area contributed by atoms with E-state index in [0.29, 0.717) is 18.4 Å². The molecule has 0 aliphatic carbocycles. The molecule has 152 valence electrons. The van der Waals surface area contributed by atoms with E-state index in [4.69, 9.17) is 4.74 Å². The fourth-order valence-electron chi connectivity index (χ4n) is 3.21. The third-order valence-electron chi connectivity index (χ3n) is 4.52. The summed E-state index contributed by atoms with van der Waals surface area (Å²) in [5, 5.41) is 5.74. The molecule has 6 heteroatoms. The van der Waals surface area contributed by atoms with E-state index in [1.54, 1.807) is 0 Å². The van der Waals surface area contributed by atoms with Gasteiger partial charge in [0.05, 0.1) is 0 Å². The molecule has 1 aliphatic rings. The SMILES string of the molecule is CC(C)CN1CCC(CNC(=O)C(NC(=O)OC(C)(C)C)C(C)C)CC1. The van der Waals surface area contributed by atoms with Crippen LogP contribution in [-0.2, 0) is 9.53 Å². The van der Waals surface area contributed by atoms with Gasteiger partial charge in [0, 0.05) is 13.1 Å². The van der Waals surface area contributed by atoms with Gasteiger partial charge in [-0.15, -0.1) is 0 Å². The highest BCUT2D eigenvalue weighted by Gasteiger charge is 2.28. The van der Waals surface area contributed by atoms with Crippen LogP contribution in [0, 0.1) is 17.8 Å². The van der Waals surface area contributed by atoms with Gasteiger partial charge in [-0.05, 0) is 64.5 Å². The van der Waals surface area contributed by atoms with Crippen LogP contribution in [0.2, 0.25) is 0 Å². The number of carbonyl (C=O) groups excluding carboxylic acids is 2. The zero-order chi connectivity index (χ0) is 19.9. The topological polar surface area (TPSA) is 70.7 Å². The van der Waals surface area contributed by atoms with Crippen LogP contribution in [0.3, 0.4) is 0 Å². The van der Waals surface area contributed by atoms with Gasteiger partial charge in [0.1, 0.15) is 11.6 Å². The minimum Gasteiger partial charge on any atom is -0.444 e. The van der Waals surface area contributed by atoms with Crippen LogP contribution in [0.4, 0.5) is 4.79 Å². The summed E-state index contributed by atoms with van der Waals surface area (Å²) < 4.78 is 5.27. The van der Waals surface area contributed by atoms with Gasteiger partial charge < -0.3 is 20.3 Å². The minimum absolute atomic E-state index is 0.00425. The van der Waals surface area contributed by atoms with E-state index in [-0.39, 0.29) is 11.8 Å². The predicted molar refractivity (Wildman–Crippen MR) is 105 cm³/mol. The van der Waals surface area contributed by atoms with Gasteiger partial charge in [0.2, 0.25) is 5.91 Å². The maximum absolute atomic E-state index is 12.5. The number of alkyl carbamates (subject to hydrolysis) is 1. The van der Waals surface area contributed by atoms with Crippen molar-refractivity contribution in [3.8, 4) is 0 Å². The fourth-order valence-corrected chi connectivity index (χ4v) is 3.21. The van der Waals surface area contributed by atoms with E-state index in [9.17, 15) is 9.59 Å². The summed E-state index contributed by atoms with van der Waals surface area (Å²) in [4.78, 5) is 27.0. The Labute approximate surface area is 159 Å². The molecule has 26 heavy (non-hydrogen) atoms. The molecule has 1 atom stereocenters. The molecule has 1 aliphatic heterocycles. The van der Waals surface area contributed by atoms with E-state index >= 15 is 0 Å². The Hall–Kier alpha value is -1.30. The predicted octanol–water partition coefficient (Wildman–Crippen LogP) is 3.02.